The van der Waals surface area contributed by atoms with Gasteiger partial charge in [0.2, 0.25) is 0 Å². The molecule has 1 unspecified atom stereocenters. The molecule has 1 aromatic rings. The minimum absolute atomic E-state index is 0.117. The van der Waals surface area contributed by atoms with E-state index in [0.717, 1.165) is 42.1 Å². The van der Waals surface area contributed by atoms with Crippen LogP contribution in [0.5, 0.6) is 5.75 Å². The van der Waals surface area contributed by atoms with Gasteiger partial charge in [0.05, 0.1) is 0 Å². The highest BCUT2D eigenvalue weighted by molar-refractivity contribution is 7.99. The summed E-state index contributed by atoms with van der Waals surface area (Å²) in [7, 11) is 0. The van der Waals surface area contributed by atoms with Crippen molar-refractivity contribution < 1.29 is 9.53 Å². The quantitative estimate of drug-likeness (QED) is 0.826. The lowest BCUT2D eigenvalue weighted by molar-refractivity contribution is -0.133. The van der Waals surface area contributed by atoms with Crippen molar-refractivity contribution in [2.24, 2.45) is 0 Å². The van der Waals surface area contributed by atoms with Crippen molar-refractivity contribution in [1.29, 1.82) is 0 Å². The predicted molar refractivity (Wildman–Crippen MR) is 93.8 cm³/mol. The molecule has 0 spiro atoms. The van der Waals surface area contributed by atoms with Crippen LogP contribution in [0.1, 0.15) is 37.3 Å². The standard InChI is InChI=1S/C18H27NO2S/c1-4-22-16-10-5-6-11-19(12-16)17(20)13-21-18-14(2)8-7-9-15(18)3/h7-9,16H,4-6,10-13H2,1-3H3. The Bertz CT molecular complexity index is 484. The summed E-state index contributed by atoms with van der Waals surface area (Å²) in [5, 5.41) is 0.580. The van der Waals surface area contributed by atoms with Gasteiger partial charge < -0.3 is 9.64 Å². The highest BCUT2D eigenvalue weighted by Crippen LogP contribution is 2.24. The highest BCUT2D eigenvalue weighted by Gasteiger charge is 2.22. The molecule has 0 saturated carbocycles. The van der Waals surface area contributed by atoms with Crippen molar-refractivity contribution in [3.05, 3.63) is 29.3 Å². The lowest BCUT2D eigenvalue weighted by Crippen LogP contribution is -2.38. The molecule has 0 N–H and O–H groups in total. The first-order chi connectivity index (χ1) is 10.6. The van der Waals surface area contributed by atoms with Gasteiger partial charge in [-0.1, -0.05) is 31.5 Å². The van der Waals surface area contributed by atoms with Crippen LogP contribution >= 0.6 is 11.8 Å². The van der Waals surface area contributed by atoms with Gasteiger partial charge in [-0.2, -0.15) is 11.8 Å². The summed E-state index contributed by atoms with van der Waals surface area (Å²) >= 11 is 1.97. The molecule has 2 rings (SSSR count). The van der Waals surface area contributed by atoms with Crippen LogP contribution in [0.2, 0.25) is 0 Å². The van der Waals surface area contributed by atoms with Crippen molar-refractivity contribution in [3.63, 3.8) is 0 Å². The molecule has 1 fully saturated rings. The van der Waals surface area contributed by atoms with Gasteiger partial charge in [-0.3, -0.25) is 4.79 Å². The number of benzene rings is 1. The molecule has 1 heterocycles. The Morgan fingerprint density at radius 1 is 1.32 bits per heavy atom. The number of rotatable bonds is 5. The Morgan fingerprint density at radius 3 is 2.73 bits per heavy atom. The number of aryl methyl sites for hydroxylation is 2. The molecule has 0 aromatic heterocycles. The van der Waals surface area contributed by atoms with Crippen molar-refractivity contribution >= 4 is 17.7 Å². The Hall–Kier alpha value is -1.16. The zero-order valence-electron chi connectivity index (χ0n) is 13.9. The van der Waals surface area contributed by atoms with E-state index < -0.39 is 0 Å². The molecular weight excluding hydrogens is 294 g/mol. The largest absolute Gasteiger partial charge is 0.483 e. The third kappa shape index (κ3) is 4.67. The highest BCUT2D eigenvalue weighted by atomic mass is 32.2. The Kier molecular flexibility index (Phi) is 6.62. The molecule has 0 bridgehead atoms. The fraction of sp³-hybridized carbons (Fsp3) is 0.611. The van der Waals surface area contributed by atoms with E-state index in [0.29, 0.717) is 5.25 Å². The van der Waals surface area contributed by atoms with E-state index in [1.165, 1.54) is 12.8 Å². The zero-order valence-corrected chi connectivity index (χ0v) is 14.7. The molecule has 0 radical (unpaired) electrons. The van der Waals surface area contributed by atoms with E-state index >= 15 is 0 Å². The van der Waals surface area contributed by atoms with E-state index in [-0.39, 0.29) is 12.5 Å². The van der Waals surface area contributed by atoms with Gasteiger partial charge >= 0.3 is 0 Å². The zero-order chi connectivity index (χ0) is 15.9. The van der Waals surface area contributed by atoms with Crippen LogP contribution in [0, 0.1) is 13.8 Å². The summed E-state index contributed by atoms with van der Waals surface area (Å²) in [5.74, 6) is 2.09. The molecular formula is C18H27NO2S. The summed E-state index contributed by atoms with van der Waals surface area (Å²) < 4.78 is 5.82. The van der Waals surface area contributed by atoms with Gasteiger partial charge in [-0.05, 0) is 43.6 Å². The second-order valence-electron chi connectivity index (χ2n) is 5.92. The molecule has 1 amide bonds. The van der Waals surface area contributed by atoms with Crippen LogP contribution in [0.15, 0.2) is 18.2 Å². The minimum atomic E-state index is 0.117. The van der Waals surface area contributed by atoms with E-state index in [9.17, 15) is 4.79 Å². The SMILES string of the molecule is CCSC1CCCCN(C(=O)COc2c(C)cccc2C)C1. The first kappa shape index (κ1) is 17.2. The first-order valence-corrected chi connectivity index (χ1v) is 9.25. The van der Waals surface area contributed by atoms with E-state index in [1.54, 1.807) is 0 Å². The van der Waals surface area contributed by atoms with Gasteiger partial charge in [0.25, 0.3) is 5.91 Å². The maximum atomic E-state index is 12.5. The number of likely N-dealkylation sites (tertiary alicyclic amines) is 1. The number of carbonyl (C=O) groups excluding carboxylic acids is 1. The molecule has 22 heavy (non-hydrogen) atoms. The lowest BCUT2D eigenvalue weighted by atomic mass is 10.1. The number of para-hydroxylation sites is 1. The second kappa shape index (κ2) is 8.47. The molecule has 3 nitrogen and oxygen atoms in total. The second-order valence-corrected chi connectivity index (χ2v) is 7.50. The van der Waals surface area contributed by atoms with Crippen LogP contribution < -0.4 is 4.74 Å². The molecule has 1 saturated heterocycles. The average Bonchev–Trinajstić information content (AvgIpc) is 2.72. The van der Waals surface area contributed by atoms with Crippen LogP contribution in [0.25, 0.3) is 0 Å². The van der Waals surface area contributed by atoms with Gasteiger partial charge in [0, 0.05) is 18.3 Å². The molecule has 122 valence electrons. The van der Waals surface area contributed by atoms with E-state index in [2.05, 4.69) is 6.92 Å². The Balaban J connectivity index is 1.93. The maximum absolute atomic E-state index is 12.5. The number of amides is 1. The van der Waals surface area contributed by atoms with Crippen molar-refractivity contribution in [2.45, 2.75) is 45.3 Å². The lowest BCUT2D eigenvalue weighted by Gasteiger charge is -2.24. The number of hydrogen-bond donors (Lipinski definition) is 0. The number of ether oxygens (including phenoxy) is 1. The van der Waals surface area contributed by atoms with E-state index in [1.807, 2.05) is 48.7 Å². The first-order valence-electron chi connectivity index (χ1n) is 8.20. The number of carbonyl (C=O) groups is 1. The van der Waals surface area contributed by atoms with Crippen LogP contribution in [0.3, 0.4) is 0 Å². The minimum Gasteiger partial charge on any atom is -0.483 e. The molecule has 1 aromatic carbocycles. The third-order valence-electron chi connectivity index (χ3n) is 4.13. The summed E-state index contributed by atoms with van der Waals surface area (Å²) in [4.78, 5) is 14.5. The maximum Gasteiger partial charge on any atom is 0.260 e. The van der Waals surface area contributed by atoms with Gasteiger partial charge in [0.1, 0.15) is 5.75 Å². The Morgan fingerprint density at radius 2 is 2.05 bits per heavy atom. The van der Waals surface area contributed by atoms with Gasteiger partial charge in [0.15, 0.2) is 6.61 Å². The topological polar surface area (TPSA) is 29.5 Å². The van der Waals surface area contributed by atoms with Crippen molar-refractivity contribution in [3.8, 4) is 5.75 Å². The van der Waals surface area contributed by atoms with Crippen molar-refractivity contribution in [2.75, 3.05) is 25.4 Å². The third-order valence-corrected chi connectivity index (χ3v) is 5.32. The van der Waals surface area contributed by atoms with Crippen molar-refractivity contribution in [1.82, 2.24) is 4.90 Å². The summed E-state index contributed by atoms with van der Waals surface area (Å²) in [6.45, 7) is 8.11. The van der Waals surface area contributed by atoms with Gasteiger partial charge in [-0.15, -0.1) is 0 Å². The summed E-state index contributed by atoms with van der Waals surface area (Å²) in [6, 6.07) is 6.06. The number of thioether (sulfide) groups is 1. The predicted octanol–water partition coefficient (Wildman–Crippen LogP) is 3.82. The summed E-state index contributed by atoms with van der Waals surface area (Å²) in [5.41, 5.74) is 2.17. The molecule has 4 heteroatoms. The number of nitrogens with zero attached hydrogens (tertiary/aromatic N) is 1. The number of hydrogen-bond acceptors (Lipinski definition) is 3. The molecule has 1 atom stereocenters. The Labute approximate surface area is 138 Å². The molecule has 1 aliphatic heterocycles. The van der Waals surface area contributed by atoms with E-state index in [4.69, 9.17) is 4.74 Å². The van der Waals surface area contributed by atoms with Crippen LogP contribution in [0.4, 0.5) is 0 Å². The average molecular weight is 321 g/mol. The summed E-state index contributed by atoms with van der Waals surface area (Å²) in [6.07, 6.45) is 3.55. The smallest absolute Gasteiger partial charge is 0.260 e. The van der Waals surface area contributed by atoms with Crippen LogP contribution in [-0.2, 0) is 4.79 Å². The molecule has 1 aliphatic rings. The fourth-order valence-corrected chi connectivity index (χ4v) is 4.04. The van der Waals surface area contributed by atoms with Crippen LogP contribution in [-0.4, -0.2) is 41.5 Å². The normalized spacial score (nSPS) is 18.9. The fourth-order valence-electron chi connectivity index (χ4n) is 2.95. The van der Waals surface area contributed by atoms with Gasteiger partial charge in [-0.25, -0.2) is 0 Å². The molecule has 0 aliphatic carbocycles. The monoisotopic (exact) mass is 321 g/mol.